The molecule has 1 aromatic carbocycles. The molecule has 1 aliphatic heterocycles. The van der Waals surface area contributed by atoms with Crippen LogP contribution in [0.2, 0.25) is 5.02 Å². The maximum atomic E-state index is 12.7. The molecule has 0 radical (unpaired) electrons. The number of thiophene rings is 1. The number of hydrogen-bond acceptors (Lipinski definition) is 3. The van der Waals surface area contributed by atoms with Gasteiger partial charge in [0.25, 0.3) is 5.91 Å². The van der Waals surface area contributed by atoms with Crippen LogP contribution in [0.15, 0.2) is 24.3 Å². The maximum absolute atomic E-state index is 12.7. The van der Waals surface area contributed by atoms with E-state index in [0.29, 0.717) is 23.0 Å². The fraction of sp³-hybridized carbons (Fsp3) is 0.400. The molecule has 0 bridgehead atoms. The summed E-state index contributed by atoms with van der Waals surface area (Å²) in [6, 6.07) is 7.85. The minimum absolute atomic E-state index is 0.0122. The Balaban J connectivity index is 1.94. The van der Waals surface area contributed by atoms with Crippen LogP contribution in [0.4, 0.5) is 0 Å². The van der Waals surface area contributed by atoms with Crippen LogP contribution in [0.25, 0.3) is 10.1 Å². The van der Waals surface area contributed by atoms with Crippen LogP contribution >= 0.6 is 22.9 Å². The number of carbonyl (C=O) groups excluding carboxylic acids is 1. The van der Waals surface area contributed by atoms with Gasteiger partial charge in [0.2, 0.25) is 0 Å². The van der Waals surface area contributed by atoms with Crippen LogP contribution in [0.1, 0.15) is 23.5 Å². The number of carbonyl (C=O) groups is 1. The number of benzene rings is 1. The lowest BCUT2D eigenvalue weighted by molar-refractivity contribution is -0.0584. The van der Waals surface area contributed by atoms with Crippen LogP contribution in [0.3, 0.4) is 0 Å². The Kier molecular flexibility index (Phi) is 3.71. The maximum Gasteiger partial charge on any atom is 0.265 e. The van der Waals surface area contributed by atoms with E-state index in [1.165, 1.54) is 11.3 Å². The normalized spacial score (nSPS) is 23.2. The highest BCUT2D eigenvalue weighted by atomic mass is 35.5. The smallest absolute Gasteiger partial charge is 0.265 e. The Labute approximate surface area is 127 Å². The largest absolute Gasteiger partial charge is 0.372 e. The average Bonchev–Trinajstić information content (AvgIpc) is 2.75. The van der Waals surface area contributed by atoms with E-state index in [-0.39, 0.29) is 18.1 Å². The second kappa shape index (κ2) is 5.35. The zero-order valence-electron chi connectivity index (χ0n) is 11.4. The van der Waals surface area contributed by atoms with Crippen LogP contribution < -0.4 is 0 Å². The topological polar surface area (TPSA) is 29.5 Å². The van der Waals surface area contributed by atoms with Gasteiger partial charge in [0.1, 0.15) is 4.88 Å². The van der Waals surface area contributed by atoms with Crippen LogP contribution in [0, 0.1) is 0 Å². The third-order valence-electron chi connectivity index (χ3n) is 3.44. The Bertz CT molecular complexity index is 644. The van der Waals surface area contributed by atoms with Crippen molar-refractivity contribution < 1.29 is 9.53 Å². The molecular weight excluding hydrogens is 294 g/mol. The van der Waals surface area contributed by atoms with Gasteiger partial charge in [-0.3, -0.25) is 4.79 Å². The highest BCUT2D eigenvalue weighted by molar-refractivity contribution is 7.21. The van der Waals surface area contributed by atoms with Crippen molar-refractivity contribution in [1.82, 2.24) is 4.90 Å². The van der Waals surface area contributed by atoms with Crippen LogP contribution in [-0.4, -0.2) is 36.1 Å². The monoisotopic (exact) mass is 309 g/mol. The summed E-state index contributed by atoms with van der Waals surface area (Å²) in [4.78, 5) is 15.2. The van der Waals surface area contributed by atoms with Gasteiger partial charge in [-0.1, -0.05) is 29.8 Å². The predicted molar refractivity (Wildman–Crippen MR) is 82.7 cm³/mol. The third-order valence-corrected chi connectivity index (χ3v) is 5.10. The first kappa shape index (κ1) is 13.9. The lowest BCUT2D eigenvalue weighted by Gasteiger charge is -2.35. The molecule has 106 valence electrons. The molecule has 2 heterocycles. The molecule has 0 saturated carbocycles. The van der Waals surface area contributed by atoms with Gasteiger partial charge < -0.3 is 9.64 Å². The Morgan fingerprint density at radius 1 is 1.30 bits per heavy atom. The Morgan fingerprint density at radius 3 is 2.60 bits per heavy atom. The predicted octanol–water partition coefficient (Wildman–Crippen LogP) is 3.80. The van der Waals surface area contributed by atoms with Gasteiger partial charge in [-0.2, -0.15) is 0 Å². The molecule has 0 N–H and O–H groups in total. The van der Waals surface area contributed by atoms with Gasteiger partial charge in [0, 0.05) is 23.2 Å². The zero-order chi connectivity index (χ0) is 14.3. The van der Waals surface area contributed by atoms with Crippen molar-refractivity contribution in [1.29, 1.82) is 0 Å². The number of fused-ring (bicyclic) bond motifs is 1. The van der Waals surface area contributed by atoms with Crippen LogP contribution in [-0.2, 0) is 4.74 Å². The first-order valence-electron chi connectivity index (χ1n) is 6.68. The average molecular weight is 310 g/mol. The van der Waals surface area contributed by atoms with E-state index >= 15 is 0 Å². The number of morpholine rings is 1. The zero-order valence-corrected chi connectivity index (χ0v) is 13.0. The van der Waals surface area contributed by atoms with Gasteiger partial charge in [0.15, 0.2) is 0 Å². The van der Waals surface area contributed by atoms with E-state index in [0.717, 1.165) is 10.1 Å². The lowest BCUT2D eigenvalue weighted by Crippen LogP contribution is -2.48. The molecule has 1 amide bonds. The molecule has 1 saturated heterocycles. The minimum atomic E-state index is 0.0122. The van der Waals surface area contributed by atoms with Gasteiger partial charge >= 0.3 is 0 Å². The fourth-order valence-electron chi connectivity index (χ4n) is 2.64. The van der Waals surface area contributed by atoms with Crippen molar-refractivity contribution in [2.24, 2.45) is 0 Å². The summed E-state index contributed by atoms with van der Waals surface area (Å²) >= 11 is 7.84. The highest BCUT2D eigenvalue weighted by Crippen LogP contribution is 2.36. The minimum Gasteiger partial charge on any atom is -0.372 e. The molecular formula is C15H16ClNO2S. The lowest BCUT2D eigenvalue weighted by atomic mass is 10.2. The molecule has 1 fully saturated rings. The Morgan fingerprint density at radius 2 is 1.95 bits per heavy atom. The quantitative estimate of drug-likeness (QED) is 0.802. The van der Waals surface area contributed by atoms with Crippen molar-refractivity contribution in [2.75, 3.05) is 13.1 Å². The molecule has 2 atom stereocenters. The molecule has 5 heteroatoms. The molecule has 0 spiro atoms. The first-order chi connectivity index (χ1) is 9.56. The molecule has 20 heavy (non-hydrogen) atoms. The van der Waals surface area contributed by atoms with E-state index in [4.69, 9.17) is 16.3 Å². The van der Waals surface area contributed by atoms with Gasteiger partial charge in [-0.25, -0.2) is 0 Å². The summed E-state index contributed by atoms with van der Waals surface area (Å²) in [5, 5.41) is 1.53. The van der Waals surface area contributed by atoms with Crippen molar-refractivity contribution in [3.63, 3.8) is 0 Å². The van der Waals surface area contributed by atoms with Crippen molar-refractivity contribution in [3.8, 4) is 0 Å². The Hall–Kier alpha value is -1.10. The summed E-state index contributed by atoms with van der Waals surface area (Å²) in [6.45, 7) is 5.21. The van der Waals surface area contributed by atoms with E-state index in [9.17, 15) is 4.79 Å². The van der Waals surface area contributed by atoms with E-state index in [1.807, 2.05) is 43.0 Å². The molecule has 1 aromatic heterocycles. The molecule has 0 unspecified atom stereocenters. The van der Waals surface area contributed by atoms with E-state index < -0.39 is 0 Å². The third kappa shape index (κ3) is 2.43. The summed E-state index contributed by atoms with van der Waals surface area (Å²) in [5.41, 5.74) is 0. The fourth-order valence-corrected chi connectivity index (χ4v) is 4.12. The standard InChI is InChI=1S/C15H16ClNO2S/c1-9-7-17(8-10(2)19-9)15(18)14-13(16)11-5-3-4-6-12(11)20-14/h3-6,9-10H,7-8H2,1-2H3/t9-,10-/m0/s1. The number of nitrogens with zero attached hydrogens (tertiary/aromatic N) is 1. The molecule has 0 aliphatic carbocycles. The SMILES string of the molecule is C[C@H]1CN(C(=O)c2sc3ccccc3c2Cl)C[C@H](C)O1. The number of halogens is 1. The van der Waals surface area contributed by atoms with Gasteiger partial charge in [0.05, 0.1) is 17.2 Å². The molecule has 2 aromatic rings. The molecule has 3 nitrogen and oxygen atoms in total. The summed E-state index contributed by atoms with van der Waals surface area (Å²) in [6.07, 6.45) is 0.131. The first-order valence-corrected chi connectivity index (χ1v) is 7.87. The second-order valence-corrected chi connectivity index (χ2v) is 6.64. The van der Waals surface area contributed by atoms with Crippen molar-refractivity contribution in [3.05, 3.63) is 34.2 Å². The molecule has 3 rings (SSSR count). The van der Waals surface area contributed by atoms with E-state index in [1.54, 1.807) is 0 Å². The number of hydrogen-bond donors (Lipinski definition) is 0. The van der Waals surface area contributed by atoms with Gasteiger partial charge in [-0.05, 0) is 19.9 Å². The van der Waals surface area contributed by atoms with Crippen molar-refractivity contribution >= 4 is 38.9 Å². The summed E-state index contributed by atoms with van der Waals surface area (Å²) in [5.74, 6) is 0.0122. The van der Waals surface area contributed by atoms with Gasteiger partial charge in [-0.15, -0.1) is 11.3 Å². The summed E-state index contributed by atoms with van der Waals surface area (Å²) in [7, 11) is 0. The van der Waals surface area contributed by atoms with Crippen molar-refractivity contribution in [2.45, 2.75) is 26.1 Å². The highest BCUT2D eigenvalue weighted by Gasteiger charge is 2.29. The summed E-state index contributed by atoms with van der Waals surface area (Å²) < 4.78 is 6.72. The molecule has 1 aliphatic rings. The van der Waals surface area contributed by atoms with Crippen LogP contribution in [0.5, 0.6) is 0 Å². The number of amides is 1. The second-order valence-electron chi connectivity index (χ2n) is 5.21. The van der Waals surface area contributed by atoms with E-state index in [2.05, 4.69) is 0 Å². The number of rotatable bonds is 1. The number of ether oxygens (including phenoxy) is 1.